The topological polar surface area (TPSA) is 40.1 Å². The third-order valence-electron chi connectivity index (χ3n) is 1.87. The first-order valence-electron chi connectivity index (χ1n) is 4.05. The number of carboxylic acid groups (broad SMARTS) is 1. The molecule has 0 radical (unpaired) electrons. The molecule has 1 rings (SSSR count). The van der Waals surface area contributed by atoms with Gasteiger partial charge < -0.3 is 9.90 Å². The number of carbonyl (C=O) groups excluding carboxylic acids is 1. The van der Waals surface area contributed by atoms with Crippen LogP contribution < -0.4 is 5.11 Å². The van der Waals surface area contributed by atoms with Gasteiger partial charge in [-0.15, -0.1) is 0 Å². The molecule has 0 heterocycles. The summed E-state index contributed by atoms with van der Waals surface area (Å²) >= 11 is 5.96. The quantitative estimate of drug-likeness (QED) is 0.734. The molecule has 0 atom stereocenters. The van der Waals surface area contributed by atoms with Crippen LogP contribution in [-0.2, 0) is 11.2 Å². The number of aliphatic carboxylic acids is 1. The molecule has 3 heteroatoms. The molecule has 1 aromatic rings. The molecule has 0 aliphatic rings. The highest BCUT2D eigenvalue weighted by molar-refractivity contribution is 6.32. The summed E-state index contributed by atoms with van der Waals surface area (Å²) in [6.45, 7) is 1.89. The van der Waals surface area contributed by atoms with Crippen LogP contribution >= 0.6 is 11.6 Å². The molecule has 0 bridgehead atoms. The molecule has 0 amide bonds. The van der Waals surface area contributed by atoms with Crippen molar-refractivity contribution in [3.63, 3.8) is 0 Å². The van der Waals surface area contributed by atoms with Crippen LogP contribution in [0.2, 0.25) is 5.02 Å². The molecule has 0 aliphatic heterocycles. The lowest BCUT2D eigenvalue weighted by molar-refractivity contribution is -0.305. The third-order valence-corrected chi connectivity index (χ3v) is 2.41. The van der Waals surface area contributed by atoms with E-state index in [4.69, 9.17) is 11.6 Å². The Hall–Kier alpha value is -1.02. The van der Waals surface area contributed by atoms with Crippen molar-refractivity contribution in [2.75, 3.05) is 0 Å². The van der Waals surface area contributed by atoms with Crippen molar-refractivity contribution in [3.8, 4) is 0 Å². The maximum atomic E-state index is 10.2. The zero-order chi connectivity index (χ0) is 9.84. The molecule has 0 N–H and O–H groups in total. The number of hydrogen-bond donors (Lipinski definition) is 0. The number of carboxylic acids is 1. The van der Waals surface area contributed by atoms with Crippen molar-refractivity contribution in [3.05, 3.63) is 34.3 Å². The van der Waals surface area contributed by atoms with Crippen LogP contribution in [0.5, 0.6) is 0 Å². The summed E-state index contributed by atoms with van der Waals surface area (Å²) in [5.41, 5.74) is 1.84. The summed E-state index contributed by atoms with van der Waals surface area (Å²) in [7, 11) is 0. The minimum atomic E-state index is -1.04. The van der Waals surface area contributed by atoms with Crippen molar-refractivity contribution < 1.29 is 9.90 Å². The Labute approximate surface area is 82.2 Å². The highest BCUT2D eigenvalue weighted by Gasteiger charge is 2.01. The van der Waals surface area contributed by atoms with Gasteiger partial charge in [-0.05, 0) is 30.9 Å². The van der Waals surface area contributed by atoms with Crippen molar-refractivity contribution in [2.24, 2.45) is 0 Å². The van der Waals surface area contributed by atoms with Crippen LogP contribution in [0.25, 0.3) is 0 Å². The molecule has 0 unspecified atom stereocenters. The number of halogens is 1. The maximum absolute atomic E-state index is 10.2. The van der Waals surface area contributed by atoms with Crippen LogP contribution in [0.1, 0.15) is 17.5 Å². The smallest absolute Gasteiger partial charge is 0.0467 e. The predicted molar refractivity (Wildman–Crippen MR) is 49.5 cm³/mol. The second-order valence-electron chi connectivity index (χ2n) is 2.92. The van der Waals surface area contributed by atoms with Crippen molar-refractivity contribution in [1.29, 1.82) is 0 Å². The van der Waals surface area contributed by atoms with Gasteiger partial charge in [-0.3, -0.25) is 0 Å². The fraction of sp³-hybridized carbons (Fsp3) is 0.300. The molecular weight excluding hydrogens is 188 g/mol. The second-order valence-corrected chi connectivity index (χ2v) is 3.30. The first kappa shape index (κ1) is 10.1. The van der Waals surface area contributed by atoms with Gasteiger partial charge in [0.25, 0.3) is 0 Å². The summed E-state index contributed by atoms with van der Waals surface area (Å²) in [6.07, 6.45) is 0.450. The normalized spacial score (nSPS) is 10.0. The van der Waals surface area contributed by atoms with E-state index in [9.17, 15) is 9.90 Å². The maximum Gasteiger partial charge on any atom is 0.0467 e. The minimum Gasteiger partial charge on any atom is -0.550 e. The van der Waals surface area contributed by atoms with E-state index in [1.165, 1.54) is 0 Å². The number of aryl methyl sites for hydroxylation is 2. The van der Waals surface area contributed by atoms with Crippen molar-refractivity contribution in [2.45, 2.75) is 19.8 Å². The molecule has 1 aromatic carbocycles. The Morgan fingerprint density at radius 1 is 1.54 bits per heavy atom. The van der Waals surface area contributed by atoms with Gasteiger partial charge in [0.1, 0.15) is 0 Å². The standard InChI is InChI=1S/C10H11ClO2/c1-7-3-2-4-8(10(7)11)5-6-9(12)13/h2-4H,5-6H2,1H3,(H,12,13)/p-1. The number of benzene rings is 1. The molecule has 0 fully saturated rings. The third kappa shape index (κ3) is 2.74. The van der Waals surface area contributed by atoms with E-state index in [1.54, 1.807) is 0 Å². The molecule has 13 heavy (non-hydrogen) atoms. The van der Waals surface area contributed by atoms with E-state index in [1.807, 2.05) is 25.1 Å². The predicted octanol–water partition coefficient (Wildman–Crippen LogP) is 1.33. The lowest BCUT2D eigenvalue weighted by atomic mass is 10.1. The van der Waals surface area contributed by atoms with Crippen LogP contribution in [0.4, 0.5) is 0 Å². The molecular formula is C10H10ClO2-. The first-order chi connectivity index (χ1) is 6.11. The Balaban J connectivity index is 2.77. The molecule has 0 aliphatic carbocycles. The van der Waals surface area contributed by atoms with Gasteiger partial charge in [0, 0.05) is 11.0 Å². The molecule has 70 valence electrons. The summed E-state index contributed by atoms with van der Waals surface area (Å²) in [6, 6.07) is 5.59. The first-order valence-corrected chi connectivity index (χ1v) is 4.43. The van der Waals surface area contributed by atoms with E-state index in [0.29, 0.717) is 11.4 Å². The van der Waals surface area contributed by atoms with Gasteiger partial charge in [0.15, 0.2) is 0 Å². The Morgan fingerprint density at radius 3 is 2.85 bits per heavy atom. The monoisotopic (exact) mass is 197 g/mol. The molecule has 0 saturated carbocycles. The summed E-state index contributed by atoms with van der Waals surface area (Å²) in [5.74, 6) is -1.04. The largest absolute Gasteiger partial charge is 0.550 e. The molecule has 0 aromatic heterocycles. The van der Waals surface area contributed by atoms with E-state index in [-0.39, 0.29) is 6.42 Å². The highest BCUT2D eigenvalue weighted by atomic mass is 35.5. The lowest BCUT2D eigenvalue weighted by Crippen LogP contribution is -2.22. The van der Waals surface area contributed by atoms with Gasteiger partial charge in [-0.1, -0.05) is 29.8 Å². The molecule has 0 spiro atoms. The number of carbonyl (C=O) groups is 1. The number of hydrogen-bond acceptors (Lipinski definition) is 2. The zero-order valence-electron chi connectivity index (χ0n) is 7.34. The van der Waals surface area contributed by atoms with Crippen LogP contribution in [0, 0.1) is 6.92 Å². The van der Waals surface area contributed by atoms with E-state index in [2.05, 4.69) is 0 Å². The molecule has 0 saturated heterocycles. The Morgan fingerprint density at radius 2 is 2.23 bits per heavy atom. The van der Waals surface area contributed by atoms with Gasteiger partial charge in [-0.25, -0.2) is 0 Å². The second kappa shape index (κ2) is 4.28. The van der Waals surface area contributed by atoms with Gasteiger partial charge in [0.2, 0.25) is 0 Å². The average Bonchev–Trinajstić information content (AvgIpc) is 2.07. The van der Waals surface area contributed by atoms with E-state index >= 15 is 0 Å². The fourth-order valence-corrected chi connectivity index (χ4v) is 1.36. The van der Waals surface area contributed by atoms with Gasteiger partial charge in [0.05, 0.1) is 0 Å². The average molecular weight is 198 g/mol. The lowest BCUT2D eigenvalue weighted by Gasteiger charge is -2.06. The van der Waals surface area contributed by atoms with E-state index < -0.39 is 5.97 Å². The summed E-state index contributed by atoms with van der Waals surface area (Å²) < 4.78 is 0. The van der Waals surface area contributed by atoms with Crippen LogP contribution in [0.15, 0.2) is 18.2 Å². The molecule has 2 nitrogen and oxygen atoms in total. The zero-order valence-corrected chi connectivity index (χ0v) is 8.10. The highest BCUT2D eigenvalue weighted by Crippen LogP contribution is 2.21. The van der Waals surface area contributed by atoms with Crippen LogP contribution in [-0.4, -0.2) is 5.97 Å². The van der Waals surface area contributed by atoms with Crippen molar-refractivity contribution >= 4 is 17.6 Å². The van der Waals surface area contributed by atoms with Gasteiger partial charge in [-0.2, -0.15) is 0 Å². The SMILES string of the molecule is Cc1cccc(CCC(=O)[O-])c1Cl. The number of rotatable bonds is 3. The minimum absolute atomic E-state index is 0.0170. The fourth-order valence-electron chi connectivity index (χ4n) is 1.14. The van der Waals surface area contributed by atoms with Gasteiger partial charge >= 0.3 is 0 Å². The summed E-state index contributed by atoms with van der Waals surface area (Å²) in [4.78, 5) is 10.2. The Bertz CT molecular complexity index is 321. The Kier molecular flexibility index (Phi) is 3.32. The van der Waals surface area contributed by atoms with Crippen LogP contribution in [0.3, 0.4) is 0 Å². The summed E-state index contributed by atoms with van der Waals surface area (Å²) in [5, 5.41) is 10.9. The van der Waals surface area contributed by atoms with E-state index in [0.717, 1.165) is 11.1 Å². The van der Waals surface area contributed by atoms with Crippen molar-refractivity contribution in [1.82, 2.24) is 0 Å².